The zero-order valence-corrected chi connectivity index (χ0v) is 10.9. The SMILES string of the molecule is CC1CCCC(C)N1NC(=O)c1ncccc1N. The summed E-state index contributed by atoms with van der Waals surface area (Å²) in [5.41, 5.74) is 9.38. The summed E-state index contributed by atoms with van der Waals surface area (Å²) in [5, 5.41) is 2.01. The van der Waals surface area contributed by atoms with Gasteiger partial charge in [0.2, 0.25) is 0 Å². The lowest BCUT2D eigenvalue weighted by Gasteiger charge is -2.38. The first-order valence-electron chi connectivity index (χ1n) is 6.39. The zero-order valence-electron chi connectivity index (χ0n) is 10.9. The van der Waals surface area contributed by atoms with Crippen LogP contribution in [0.1, 0.15) is 43.6 Å². The molecule has 0 aliphatic carbocycles. The monoisotopic (exact) mass is 248 g/mol. The number of anilines is 1. The number of nitrogens with two attached hydrogens (primary N) is 1. The Morgan fingerprint density at radius 2 is 2.11 bits per heavy atom. The van der Waals surface area contributed by atoms with Gasteiger partial charge in [0, 0.05) is 18.3 Å². The van der Waals surface area contributed by atoms with Gasteiger partial charge in [0.05, 0.1) is 5.69 Å². The predicted octanol–water partition coefficient (Wildman–Crippen LogP) is 1.57. The number of piperidine rings is 1. The average Bonchev–Trinajstić information content (AvgIpc) is 2.34. The fraction of sp³-hybridized carbons (Fsp3) is 0.538. The molecule has 2 rings (SSSR count). The van der Waals surface area contributed by atoms with E-state index in [0.29, 0.717) is 23.5 Å². The molecular weight excluding hydrogens is 228 g/mol. The van der Waals surface area contributed by atoms with Gasteiger partial charge in [0.25, 0.3) is 5.91 Å². The number of nitrogen functional groups attached to an aromatic ring is 1. The van der Waals surface area contributed by atoms with Crippen LogP contribution in [0.4, 0.5) is 5.69 Å². The number of hydrogen-bond donors (Lipinski definition) is 2. The Hall–Kier alpha value is -1.62. The minimum absolute atomic E-state index is 0.228. The summed E-state index contributed by atoms with van der Waals surface area (Å²) in [6.07, 6.45) is 4.99. The maximum atomic E-state index is 12.1. The third-order valence-electron chi connectivity index (χ3n) is 3.48. The predicted molar refractivity (Wildman–Crippen MR) is 70.7 cm³/mol. The van der Waals surface area contributed by atoms with Gasteiger partial charge < -0.3 is 5.73 Å². The highest BCUT2D eigenvalue weighted by molar-refractivity contribution is 5.96. The van der Waals surface area contributed by atoms with Crippen LogP contribution in [0, 0.1) is 0 Å². The molecule has 1 aliphatic rings. The van der Waals surface area contributed by atoms with Crippen LogP contribution in [0.2, 0.25) is 0 Å². The highest BCUT2D eigenvalue weighted by atomic mass is 16.2. The van der Waals surface area contributed by atoms with Gasteiger partial charge in [-0.25, -0.2) is 9.99 Å². The molecule has 1 saturated heterocycles. The molecular formula is C13H20N4O. The summed E-state index contributed by atoms with van der Waals surface area (Å²) in [6.45, 7) is 4.25. The Kier molecular flexibility index (Phi) is 3.81. The van der Waals surface area contributed by atoms with E-state index < -0.39 is 0 Å². The van der Waals surface area contributed by atoms with Gasteiger partial charge in [-0.3, -0.25) is 10.2 Å². The number of amides is 1. The number of carbonyl (C=O) groups is 1. The molecule has 1 aliphatic heterocycles. The topological polar surface area (TPSA) is 71.2 Å². The van der Waals surface area contributed by atoms with Crippen molar-refractivity contribution in [3.8, 4) is 0 Å². The van der Waals surface area contributed by atoms with Crippen LogP contribution in [-0.4, -0.2) is 28.0 Å². The summed E-state index contributed by atoms with van der Waals surface area (Å²) in [6, 6.07) is 4.11. The van der Waals surface area contributed by atoms with Crippen molar-refractivity contribution >= 4 is 11.6 Å². The Bertz CT molecular complexity index is 425. The normalized spacial score (nSPS) is 24.8. The van der Waals surface area contributed by atoms with Crippen molar-refractivity contribution in [3.05, 3.63) is 24.0 Å². The molecule has 1 amide bonds. The van der Waals surface area contributed by atoms with Crippen LogP contribution in [0.5, 0.6) is 0 Å². The number of rotatable bonds is 2. The average molecular weight is 248 g/mol. The van der Waals surface area contributed by atoms with Crippen LogP contribution in [0.15, 0.2) is 18.3 Å². The van der Waals surface area contributed by atoms with E-state index in [0.717, 1.165) is 12.8 Å². The quantitative estimate of drug-likeness (QED) is 0.833. The van der Waals surface area contributed by atoms with Gasteiger partial charge in [-0.2, -0.15) is 0 Å². The summed E-state index contributed by atoms with van der Waals surface area (Å²) >= 11 is 0. The van der Waals surface area contributed by atoms with Gasteiger partial charge in [-0.05, 0) is 38.8 Å². The van der Waals surface area contributed by atoms with Gasteiger partial charge in [-0.15, -0.1) is 0 Å². The smallest absolute Gasteiger partial charge is 0.286 e. The van der Waals surface area contributed by atoms with E-state index >= 15 is 0 Å². The van der Waals surface area contributed by atoms with E-state index in [1.165, 1.54) is 6.42 Å². The molecule has 1 aromatic rings. The molecule has 2 unspecified atom stereocenters. The number of pyridine rings is 1. The lowest BCUT2D eigenvalue weighted by molar-refractivity contribution is 0.0367. The number of hydrogen-bond acceptors (Lipinski definition) is 4. The minimum atomic E-state index is -0.228. The molecule has 2 heterocycles. The summed E-state index contributed by atoms with van der Waals surface area (Å²) < 4.78 is 0. The molecule has 18 heavy (non-hydrogen) atoms. The molecule has 0 bridgehead atoms. The van der Waals surface area contributed by atoms with E-state index in [1.54, 1.807) is 18.3 Å². The molecule has 5 nitrogen and oxygen atoms in total. The molecule has 98 valence electrons. The number of carbonyl (C=O) groups excluding carboxylic acids is 1. The first-order chi connectivity index (χ1) is 8.59. The lowest BCUT2D eigenvalue weighted by Crippen LogP contribution is -2.54. The van der Waals surface area contributed by atoms with Crippen molar-refractivity contribution in [1.82, 2.24) is 15.4 Å². The molecule has 3 N–H and O–H groups in total. The lowest BCUT2D eigenvalue weighted by atomic mass is 10.00. The third kappa shape index (κ3) is 2.61. The summed E-state index contributed by atoms with van der Waals surface area (Å²) in [4.78, 5) is 16.2. The second kappa shape index (κ2) is 5.35. The summed E-state index contributed by atoms with van der Waals surface area (Å²) in [7, 11) is 0. The molecule has 0 aromatic carbocycles. The fourth-order valence-electron chi connectivity index (χ4n) is 2.42. The van der Waals surface area contributed by atoms with Crippen LogP contribution in [-0.2, 0) is 0 Å². The Morgan fingerprint density at radius 1 is 1.44 bits per heavy atom. The van der Waals surface area contributed by atoms with Gasteiger partial charge in [0.1, 0.15) is 0 Å². The molecule has 2 atom stereocenters. The van der Waals surface area contributed by atoms with E-state index in [4.69, 9.17) is 5.73 Å². The standard InChI is InChI=1S/C13H20N4O/c1-9-5-3-6-10(2)17(9)16-13(18)12-11(14)7-4-8-15-12/h4,7-10H,3,5-6,14H2,1-2H3,(H,16,18). The van der Waals surface area contributed by atoms with E-state index in [9.17, 15) is 4.79 Å². The molecule has 1 aromatic heterocycles. The van der Waals surface area contributed by atoms with Crippen LogP contribution < -0.4 is 11.2 Å². The molecule has 0 radical (unpaired) electrons. The Morgan fingerprint density at radius 3 is 2.72 bits per heavy atom. The van der Waals surface area contributed by atoms with Crippen LogP contribution in [0.3, 0.4) is 0 Å². The van der Waals surface area contributed by atoms with E-state index in [-0.39, 0.29) is 5.91 Å². The van der Waals surface area contributed by atoms with Gasteiger partial charge in [0.15, 0.2) is 5.69 Å². The van der Waals surface area contributed by atoms with Crippen LogP contribution in [0.25, 0.3) is 0 Å². The first-order valence-corrected chi connectivity index (χ1v) is 6.39. The van der Waals surface area contributed by atoms with Crippen molar-refractivity contribution in [2.75, 3.05) is 5.73 Å². The van der Waals surface area contributed by atoms with Crippen molar-refractivity contribution < 1.29 is 4.79 Å². The largest absolute Gasteiger partial charge is 0.397 e. The minimum Gasteiger partial charge on any atom is -0.397 e. The van der Waals surface area contributed by atoms with Crippen molar-refractivity contribution in [2.24, 2.45) is 0 Å². The Labute approximate surface area is 107 Å². The van der Waals surface area contributed by atoms with E-state index in [2.05, 4.69) is 24.3 Å². The van der Waals surface area contributed by atoms with Crippen molar-refractivity contribution in [2.45, 2.75) is 45.2 Å². The molecule has 0 spiro atoms. The second-order valence-corrected chi connectivity index (χ2v) is 4.92. The highest BCUT2D eigenvalue weighted by Crippen LogP contribution is 2.20. The zero-order chi connectivity index (χ0) is 13.1. The van der Waals surface area contributed by atoms with Crippen molar-refractivity contribution in [1.29, 1.82) is 0 Å². The first kappa shape index (κ1) is 12.8. The van der Waals surface area contributed by atoms with Gasteiger partial charge in [-0.1, -0.05) is 6.42 Å². The van der Waals surface area contributed by atoms with Crippen molar-refractivity contribution in [3.63, 3.8) is 0 Å². The summed E-state index contributed by atoms with van der Waals surface area (Å²) in [5.74, 6) is -0.228. The van der Waals surface area contributed by atoms with E-state index in [1.807, 2.05) is 5.01 Å². The number of nitrogens with one attached hydrogen (secondary N) is 1. The number of aromatic nitrogens is 1. The fourth-order valence-corrected chi connectivity index (χ4v) is 2.42. The van der Waals surface area contributed by atoms with Crippen LogP contribution >= 0.6 is 0 Å². The van der Waals surface area contributed by atoms with Gasteiger partial charge >= 0.3 is 0 Å². The highest BCUT2D eigenvalue weighted by Gasteiger charge is 2.27. The maximum Gasteiger partial charge on any atom is 0.286 e. The number of hydrazine groups is 1. The third-order valence-corrected chi connectivity index (χ3v) is 3.48. The second-order valence-electron chi connectivity index (χ2n) is 4.92. The maximum absolute atomic E-state index is 12.1. The molecule has 5 heteroatoms. The Balaban J connectivity index is 2.09. The molecule has 1 fully saturated rings. The molecule has 0 saturated carbocycles. The number of nitrogens with zero attached hydrogens (tertiary/aromatic N) is 2.